The van der Waals surface area contributed by atoms with Crippen LogP contribution in [0, 0.1) is 21.4 Å². The first-order chi connectivity index (χ1) is 22.0. The molecule has 0 bridgehead atoms. The van der Waals surface area contributed by atoms with Gasteiger partial charge in [-0.25, -0.2) is 18.1 Å². The van der Waals surface area contributed by atoms with Gasteiger partial charge in [-0.3, -0.25) is 19.4 Å². The van der Waals surface area contributed by atoms with E-state index in [-0.39, 0.29) is 12.4 Å². The van der Waals surface area contributed by atoms with Crippen molar-refractivity contribution in [2.45, 2.75) is 56.2 Å². The van der Waals surface area contributed by atoms with E-state index in [1.165, 1.54) is 47.4 Å². The third kappa shape index (κ3) is 5.89. The van der Waals surface area contributed by atoms with Crippen LogP contribution < -0.4 is 4.31 Å². The summed E-state index contributed by atoms with van der Waals surface area (Å²) in [5, 5.41) is 26.7. The molecule has 1 atom stereocenters. The van der Waals surface area contributed by atoms with Crippen molar-refractivity contribution in [1.29, 1.82) is 5.26 Å². The molecule has 46 heavy (non-hydrogen) atoms. The summed E-state index contributed by atoms with van der Waals surface area (Å²) in [7, 11) is -5.84. The Kier molecular flexibility index (Phi) is 8.19. The molecule has 3 heterocycles. The molecule has 0 spiro atoms. The van der Waals surface area contributed by atoms with Crippen molar-refractivity contribution < 1.29 is 22.5 Å². The van der Waals surface area contributed by atoms with Gasteiger partial charge in [0.1, 0.15) is 18.5 Å². The van der Waals surface area contributed by atoms with Crippen LogP contribution in [-0.2, 0) is 27.9 Å². The number of oxazole rings is 1. The third-order valence-corrected chi connectivity index (χ3v) is 11.5. The second-order valence-corrected chi connectivity index (χ2v) is 19.6. The Morgan fingerprint density at radius 3 is 2.72 bits per heavy atom. The number of rotatable bonds is 11. The number of nitriles is 1. The molecule has 3 aromatic heterocycles. The van der Waals surface area contributed by atoms with Crippen molar-refractivity contribution >= 4 is 40.4 Å². The van der Waals surface area contributed by atoms with Crippen molar-refractivity contribution in [3.63, 3.8) is 0 Å². The highest BCUT2D eigenvalue weighted by atomic mass is 32.2. The number of aryl methyl sites for hydroxylation is 1. The molecule has 15 heteroatoms. The number of sulfonamides is 1. The predicted octanol–water partition coefficient (Wildman–Crippen LogP) is 6.06. The quantitative estimate of drug-likeness (QED) is 0.0704. The van der Waals surface area contributed by atoms with Gasteiger partial charge in [-0.1, -0.05) is 31.8 Å². The van der Waals surface area contributed by atoms with Crippen molar-refractivity contribution in [3.8, 4) is 17.5 Å². The van der Waals surface area contributed by atoms with Crippen LogP contribution in [0.3, 0.4) is 0 Å². The van der Waals surface area contributed by atoms with Gasteiger partial charge in [0.05, 0.1) is 39.6 Å². The molecule has 13 nitrogen and oxygen atoms in total. The average molecular weight is 658 g/mol. The largest absolute Gasteiger partial charge is 0.442 e. The van der Waals surface area contributed by atoms with Crippen molar-refractivity contribution in [3.05, 3.63) is 94.3 Å². The van der Waals surface area contributed by atoms with Crippen LogP contribution in [-0.4, -0.2) is 47.8 Å². The van der Waals surface area contributed by atoms with Crippen molar-refractivity contribution in [1.82, 2.24) is 19.7 Å². The number of anilines is 1. The Morgan fingerprint density at radius 2 is 2.00 bits per heavy atom. The van der Waals surface area contributed by atoms with Crippen LogP contribution in [0.15, 0.2) is 76.6 Å². The lowest BCUT2D eigenvalue weighted by Crippen LogP contribution is -2.35. The lowest BCUT2D eigenvalue weighted by atomic mass is 10.1. The number of hydrogen-bond donors (Lipinski definition) is 0. The fourth-order valence-electron chi connectivity index (χ4n) is 5.60. The lowest BCUT2D eigenvalue weighted by Gasteiger charge is -2.30. The summed E-state index contributed by atoms with van der Waals surface area (Å²) < 4.78 is 43.6. The van der Waals surface area contributed by atoms with Crippen LogP contribution in [0.2, 0.25) is 25.7 Å². The molecule has 0 saturated carbocycles. The maximum Gasteiger partial charge on any atom is 0.289 e. The molecule has 5 aromatic rings. The highest BCUT2D eigenvalue weighted by molar-refractivity contribution is 7.93. The Hall–Kier alpha value is -4.91. The molecule has 0 radical (unpaired) electrons. The Bertz CT molecular complexity index is 2080. The normalized spacial score (nSPS) is 14.7. The van der Waals surface area contributed by atoms with Crippen LogP contribution >= 0.6 is 0 Å². The van der Waals surface area contributed by atoms with Gasteiger partial charge >= 0.3 is 0 Å². The summed E-state index contributed by atoms with van der Waals surface area (Å²) in [5.41, 5.74) is 2.44. The minimum atomic E-state index is -4.53. The van der Waals surface area contributed by atoms with Crippen molar-refractivity contribution in [2.24, 2.45) is 0 Å². The number of para-hydroxylation sites is 1. The second kappa shape index (κ2) is 12.1. The zero-order chi connectivity index (χ0) is 32.6. The molecule has 0 aliphatic heterocycles. The number of pyridine rings is 1. The molecule has 0 amide bonds. The summed E-state index contributed by atoms with van der Waals surface area (Å²) in [6, 6.07) is 14.3. The summed E-state index contributed by atoms with van der Waals surface area (Å²) in [5.74, 6) is 0.382. The molecule has 0 saturated heterocycles. The smallest absolute Gasteiger partial charge is 0.289 e. The fraction of sp³-hybridized carbons (Fsp3) is 0.290. The zero-order valence-corrected chi connectivity index (χ0v) is 27.3. The van der Waals surface area contributed by atoms with E-state index < -0.39 is 39.6 Å². The molecule has 0 N–H and O–H groups in total. The number of nitrogens with zero attached hydrogens (tertiary/aromatic N) is 7. The van der Waals surface area contributed by atoms with Gasteiger partial charge in [0.2, 0.25) is 0 Å². The molecular formula is C31H31N7O6SSi. The van der Waals surface area contributed by atoms with E-state index >= 15 is 0 Å². The topological polar surface area (TPSA) is 170 Å². The summed E-state index contributed by atoms with van der Waals surface area (Å²) in [6.07, 6.45) is 5.05. The minimum Gasteiger partial charge on any atom is -0.442 e. The first-order valence-electron chi connectivity index (χ1n) is 14.6. The summed E-state index contributed by atoms with van der Waals surface area (Å²) >= 11 is 0. The summed E-state index contributed by atoms with van der Waals surface area (Å²) in [4.78, 5) is 19.4. The number of nitro benzene ring substituents is 1. The molecule has 1 unspecified atom stereocenters. The summed E-state index contributed by atoms with van der Waals surface area (Å²) in [6.45, 7) is 7.57. The second-order valence-electron chi connectivity index (χ2n) is 12.2. The van der Waals surface area contributed by atoms with Crippen LogP contribution in [0.5, 0.6) is 0 Å². The molecule has 0 fully saturated rings. The lowest BCUT2D eigenvalue weighted by molar-refractivity contribution is -0.387. The number of fused-ring (bicyclic) bond motifs is 2. The molecule has 2 aromatic carbocycles. The molecule has 1 aliphatic rings. The standard InChI is InChI=1S/C31H31N7O6SSi/c1-46(2,3)13-12-43-20-36-25-11-9-23(15-24(25)31(35-36)28-18-33-19-44-28)37(27-10-8-22-14-21(16-32)17-34-30(22)27)45(41,42)29-7-5-4-6-26(29)38(39)40/h4-7,9,11,14-15,17-19,27H,8,10,12-13,20H2,1-3H3. The zero-order valence-electron chi connectivity index (χ0n) is 25.5. The maximum absolute atomic E-state index is 14.6. The van der Waals surface area contributed by atoms with Gasteiger partial charge < -0.3 is 9.15 Å². The maximum atomic E-state index is 14.6. The molecule has 6 rings (SSSR count). The Balaban J connectivity index is 1.51. The number of nitro groups is 1. The number of aromatic nitrogens is 4. The minimum absolute atomic E-state index is 0.174. The van der Waals surface area contributed by atoms with E-state index in [1.54, 1.807) is 28.9 Å². The monoisotopic (exact) mass is 657 g/mol. The first kappa shape index (κ1) is 31.1. The molecule has 1 aliphatic carbocycles. The van der Waals surface area contributed by atoms with E-state index in [1.807, 2.05) is 0 Å². The van der Waals surface area contributed by atoms with E-state index in [0.717, 1.165) is 11.6 Å². The van der Waals surface area contributed by atoms with Gasteiger partial charge in [-0.15, -0.1) is 0 Å². The van der Waals surface area contributed by atoms with Gasteiger partial charge in [0.15, 0.2) is 17.0 Å². The highest BCUT2D eigenvalue weighted by Gasteiger charge is 2.40. The van der Waals surface area contributed by atoms with Crippen molar-refractivity contribution in [2.75, 3.05) is 10.9 Å². The van der Waals surface area contributed by atoms with E-state index in [0.29, 0.717) is 53.1 Å². The molecular weight excluding hydrogens is 627 g/mol. The van der Waals surface area contributed by atoms with Gasteiger partial charge in [0, 0.05) is 32.3 Å². The number of hydrogen-bond acceptors (Lipinski definition) is 10. The third-order valence-electron chi connectivity index (χ3n) is 7.88. The number of benzene rings is 2. The van der Waals surface area contributed by atoms with E-state index in [9.17, 15) is 23.8 Å². The van der Waals surface area contributed by atoms with Crippen LogP contribution in [0.1, 0.15) is 29.3 Å². The number of ether oxygens (including phenoxy) is 1. The van der Waals surface area contributed by atoms with Gasteiger partial charge in [-0.05, 0) is 54.8 Å². The first-order valence-corrected chi connectivity index (χ1v) is 19.8. The van der Waals surface area contributed by atoms with Crippen LogP contribution in [0.4, 0.5) is 11.4 Å². The van der Waals surface area contributed by atoms with Gasteiger partial charge in [0.25, 0.3) is 15.7 Å². The molecule has 236 valence electrons. The average Bonchev–Trinajstić information content (AvgIpc) is 3.78. The highest BCUT2D eigenvalue weighted by Crippen LogP contribution is 2.43. The predicted molar refractivity (Wildman–Crippen MR) is 172 cm³/mol. The SMILES string of the molecule is C[Si](C)(C)CCOCn1nc(-c2cnco2)c2cc(N(C3CCc4cc(C#N)cnc43)S(=O)(=O)c3ccccc3[N+](=O)[O-])ccc21. The van der Waals surface area contributed by atoms with E-state index in [4.69, 9.17) is 14.3 Å². The van der Waals surface area contributed by atoms with Crippen LogP contribution in [0.25, 0.3) is 22.4 Å². The van der Waals surface area contributed by atoms with Gasteiger partial charge in [-0.2, -0.15) is 10.4 Å². The van der Waals surface area contributed by atoms with E-state index in [2.05, 4.69) is 35.7 Å². The Morgan fingerprint density at radius 1 is 1.20 bits per heavy atom. The fourth-order valence-corrected chi connectivity index (χ4v) is 8.16. The Labute approximate surface area is 266 Å².